The van der Waals surface area contributed by atoms with E-state index < -0.39 is 18.0 Å². The fraction of sp³-hybridized carbons (Fsp3) is 0.833. The molecule has 5 nitrogen and oxygen atoms in total. The molecule has 0 aliphatic carbocycles. The minimum atomic E-state index is -0.597. The lowest BCUT2D eigenvalue weighted by Gasteiger charge is -2.19. The van der Waals surface area contributed by atoms with Gasteiger partial charge in [-0.1, -0.05) is 33.6 Å². The highest BCUT2D eigenvalue weighted by atomic mass is 16.2. The van der Waals surface area contributed by atoms with Crippen molar-refractivity contribution in [3.63, 3.8) is 0 Å². The number of amides is 2. The number of primary amides is 1. The molecule has 2 amide bonds. The van der Waals surface area contributed by atoms with Crippen molar-refractivity contribution >= 4 is 11.8 Å². The molecule has 0 aromatic heterocycles. The Kier molecular flexibility index (Phi) is 7.54. The Morgan fingerprint density at radius 2 is 1.88 bits per heavy atom. The van der Waals surface area contributed by atoms with Crippen molar-refractivity contribution in [2.75, 3.05) is 0 Å². The molecule has 2 atom stereocenters. The second-order valence-electron chi connectivity index (χ2n) is 4.84. The molecule has 0 saturated carbocycles. The number of unbranched alkanes of at least 4 members (excludes halogenated alkanes) is 1. The third-order valence-corrected chi connectivity index (χ3v) is 2.57. The SMILES string of the molecule is CCCC[C@H](NC(=O)[C@@H](N)CC(C)C)C(N)=O. The van der Waals surface area contributed by atoms with Crippen LogP contribution in [0.2, 0.25) is 0 Å². The third kappa shape index (κ3) is 6.94. The summed E-state index contributed by atoms with van der Waals surface area (Å²) in [5, 5.41) is 2.62. The molecule has 0 radical (unpaired) electrons. The second kappa shape index (κ2) is 8.06. The van der Waals surface area contributed by atoms with E-state index in [0.717, 1.165) is 12.8 Å². The van der Waals surface area contributed by atoms with E-state index in [1.165, 1.54) is 0 Å². The van der Waals surface area contributed by atoms with Crippen molar-refractivity contribution in [1.29, 1.82) is 0 Å². The molecule has 17 heavy (non-hydrogen) atoms. The first-order valence-corrected chi connectivity index (χ1v) is 6.23. The minimum Gasteiger partial charge on any atom is -0.368 e. The average molecular weight is 243 g/mol. The fourth-order valence-electron chi connectivity index (χ4n) is 1.59. The largest absolute Gasteiger partial charge is 0.368 e. The molecule has 0 rings (SSSR count). The zero-order valence-electron chi connectivity index (χ0n) is 11.0. The van der Waals surface area contributed by atoms with E-state index in [4.69, 9.17) is 11.5 Å². The van der Waals surface area contributed by atoms with Gasteiger partial charge in [0.1, 0.15) is 6.04 Å². The minimum absolute atomic E-state index is 0.293. The molecule has 0 unspecified atom stereocenters. The van der Waals surface area contributed by atoms with Gasteiger partial charge in [0, 0.05) is 0 Å². The molecule has 5 N–H and O–H groups in total. The lowest BCUT2D eigenvalue weighted by atomic mass is 10.0. The Morgan fingerprint density at radius 1 is 1.29 bits per heavy atom. The van der Waals surface area contributed by atoms with Crippen LogP contribution in [0.15, 0.2) is 0 Å². The molecular formula is C12H25N3O2. The first-order valence-electron chi connectivity index (χ1n) is 6.23. The average Bonchev–Trinajstić information content (AvgIpc) is 2.22. The number of rotatable bonds is 8. The van der Waals surface area contributed by atoms with Gasteiger partial charge < -0.3 is 16.8 Å². The van der Waals surface area contributed by atoms with Gasteiger partial charge >= 0.3 is 0 Å². The third-order valence-electron chi connectivity index (χ3n) is 2.57. The molecule has 100 valence electrons. The maximum atomic E-state index is 11.7. The van der Waals surface area contributed by atoms with E-state index in [2.05, 4.69) is 5.32 Å². The Bertz CT molecular complexity index is 254. The van der Waals surface area contributed by atoms with Gasteiger partial charge in [-0.05, 0) is 18.8 Å². The molecule has 0 aliphatic heterocycles. The van der Waals surface area contributed by atoms with Crippen LogP contribution >= 0.6 is 0 Å². The summed E-state index contributed by atoms with van der Waals surface area (Å²) in [6, 6.07) is -1.17. The lowest BCUT2D eigenvalue weighted by Crippen LogP contribution is -2.50. The quantitative estimate of drug-likeness (QED) is 0.579. The Morgan fingerprint density at radius 3 is 2.29 bits per heavy atom. The van der Waals surface area contributed by atoms with Crippen LogP contribution in [-0.4, -0.2) is 23.9 Å². The molecule has 0 heterocycles. The number of nitrogens with two attached hydrogens (primary N) is 2. The Labute approximate surface area is 103 Å². The van der Waals surface area contributed by atoms with E-state index in [-0.39, 0.29) is 5.91 Å². The van der Waals surface area contributed by atoms with Crippen LogP contribution < -0.4 is 16.8 Å². The summed E-state index contributed by atoms with van der Waals surface area (Å²) in [5.41, 5.74) is 11.0. The second-order valence-corrected chi connectivity index (χ2v) is 4.84. The van der Waals surface area contributed by atoms with Crippen LogP contribution in [0.25, 0.3) is 0 Å². The maximum absolute atomic E-state index is 11.7. The van der Waals surface area contributed by atoms with Gasteiger partial charge in [-0.25, -0.2) is 0 Å². The molecule has 0 spiro atoms. The van der Waals surface area contributed by atoms with Gasteiger partial charge in [0.05, 0.1) is 6.04 Å². The van der Waals surface area contributed by atoms with Crippen molar-refractivity contribution in [2.24, 2.45) is 17.4 Å². The van der Waals surface area contributed by atoms with Crippen molar-refractivity contribution in [1.82, 2.24) is 5.32 Å². The highest BCUT2D eigenvalue weighted by Crippen LogP contribution is 2.05. The Balaban J connectivity index is 4.24. The van der Waals surface area contributed by atoms with Crippen LogP contribution in [0.5, 0.6) is 0 Å². The zero-order chi connectivity index (χ0) is 13.4. The Hall–Kier alpha value is -1.10. The number of carbonyl (C=O) groups is 2. The number of hydrogen-bond donors (Lipinski definition) is 3. The van der Waals surface area contributed by atoms with Gasteiger partial charge in [-0.3, -0.25) is 9.59 Å². The zero-order valence-corrected chi connectivity index (χ0v) is 11.0. The van der Waals surface area contributed by atoms with Crippen molar-refractivity contribution in [2.45, 2.75) is 58.5 Å². The van der Waals surface area contributed by atoms with E-state index in [9.17, 15) is 9.59 Å². The fourth-order valence-corrected chi connectivity index (χ4v) is 1.59. The first-order chi connectivity index (χ1) is 7.88. The van der Waals surface area contributed by atoms with E-state index in [0.29, 0.717) is 18.8 Å². The van der Waals surface area contributed by atoms with Crippen LogP contribution in [0.3, 0.4) is 0 Å². The molecule has 0 aliphatic rings. The summed E-state index contributed by atoms with van der Waals surface area (Å²) in [5.74, 6) is -0.444. The van der Waals surface area contributed by atoms with Crippen molar-refractivity contribution in [3.8, 4) is 0 Å². The summed E-state index contributed by atoms with van der Waals surface area (Å²) in [7, 11) is 0. The summed E-state index contributed by atoms with van der Waals surface area (Å²) in [6.45, 7) is 6.01. The van der Waals surface area contributed by atoms with Crippen LogP contribution in [0.4, 0.5) is 0 Å². The van der Waals surface area contributed by atoms with E-state index in [1.54, 1.807) is 0 Å². The molecule has 0 saturated heterocycles. The highest BCUT2D eigenvalue weighted by molar-refractivity contribution is 5.88. The van der Waals surface area contributed by atoms with Crippen LogP contribution in [0.1, 0.15) is 46.5 Å². The number of nitrogens with one attached hydrogen (secondary N) is 1. The smallest absolute Gasteiger partial charge is 0.240 e. The monoisotopic (exact) mass is 243 g/mol. The van der Waals surface area contributed by atoms with Crippen molar-refractivity contribution < 1.29 is 9.59 Å². The molecule has 0 fully saturated rings. The molecular weight excluding hydrogens is 218 g/mol. The molecule has 5 heteroatoms. The molecule has 0 aromatic carbocycles. The van der Waals surface area contributed by atoms with Gasteiger partial charge in [-0.2, -0.15) is 0 Å². The maximum Gasteiger partial charge on any atom is 0.240 e. The van der Waals surface area contributed by atoms with E-state index in [1.807, 2.05) is 20.8 Å². The normalized spacial score (nSPS) is 14.4. The summed E-state index contributed by atoms with van der Waals surface area (Å²) in [6.07, 6.45) is 2.99. The first kappa shape index (κ1) is 15.9. The van der Waals surface area contributed by atoms with Gasteiger partial charge in [0.25, 0.3) is 0 Å². The summed E-state index contributed by atoms with van der Waals surface area (Å²) < 4.78 is 0. The van der Waals surface area contributed by atoms with E-state index >= 15 is 0 Å². The topological polar surface area (TPSA) is 98.2 Å². The number of hydrogen-bond acceptors (Lipinski definition) is 3. The summed E-state index contributed by atoms with van der Waals surface area (Å²) in [4.78, 5) is 22.9. The van der Waals surface area contributed by atoms with Crippen LogP contribution in [-0.2, 0) is 9.59 Å². The lowest BCUT2D eigenvalue weighted by molar-refractivity contribution is -0.128. The van der Waals surface area contributed by atoms with Crippen LogP contribution in [0, 0.1) is 5.92 Å². The predicted molar refractivity (Wildman–Crippen MR) is 68.1 cm³/mol. The van der Waals surface area contributed by atoms with Crippen molar-refractivity contribution in [3.05, 3.63) is 0 Å². The van der Waals surface area contributed by atoms with Gasteiger partial charge in [0.2, 0.25) is 11.8 Å². The standard InChI is InChI=1S/C12H25N3O2/c1-4-5-6-10(11(14)16)15-12(17)9(13)7-8(2)3/h8-10H,4-7,13H2,1-3H3,(H2,14,16)(H,15,17)/t9-,10-/m0/s1. The van der Waals surface area contributed by atoms with Gasteiger partial charge in [0.15, 0.2) is 0 Å². The van der Waals surface area contributed by atoms with Gasteiger partial charge in [-0.15, -0.1) is 0 Å². The number of carbonyl (C=O) groups excluding carboxylic acids is 2. The molecule has 0 bridgehead atoms. The molecule has 0 aromatic rings. The highest BCUT2D eigenvalue weighted by Gasteiger charge is 2.21. The predicted octanol–water partition coefficient (Wildman–Crippen LogP) is 0.520. The summed E-state index contributed by atoms with van der Waals surface area (Å²) >= 11 is 0.